The summed E-state index contributed by atoms with van der Waals surface area (Å²) in [5.74, 6) is -2.16. The van der Waals surface area contributed by atoms with Crippen LogP contribution < -0.4 is 15.4 Å². The number of phenols is 1. The third-order valence-corrected chi connectivity index (χ3v) is 5.88. The van der Waals surface area contributed by atoms with E-state index in [2.05, 4.69) is 10.6 Å². The second kappa shape index (κ2) is 12.9. The Labute approximate surface area is 188 Å². The highest BCUT2D eigenvalue weighted by atomic mass is 16.5. The monoisotopic (exact) mass is 450 g/mol. The van der Waals surface area contributed by atoms with Crippen LogP contribution in [0.5, 0.6) is 11.5 Å². The summed E-state index contributed by atoms with van der Waals surface area (Å²) < 4.78 is 5.08. The molecule has 1 aliphatic rings. The standard InChI is InChI=1S/C23H34N2O7/c1-32-20-13-16(9-10-19(20)26)8-5-11-24-17(14-21(27)28)22(29)25-18(23(30)31)12-15-6-3-2-4-7-15/h9-10,13,15,17-18,24,26H,2-8,11-12,14H2,1H3,(H,25,29)(H,27,28)(H,30,31)/t17-,18-/m0/s1. The summed E-state index contributed by atoms with van der Waals surface area (Å²) in [6.45, 7) is 0.370. The van der Waals surface area contributed by atoms with Gasteiger partial charge in [0.2, 0.25) is 5.91 Å². The van der Waals surface area contributed by atoms with E-state index in [9.17, 15) is 29.7 Å². The van der Waals surface area contributed by atoms with E-state index in [0.29, 0.717) is 31.6 Å². The fourth-order valence-corrected chi connectivity index (χ4v) is 4.13. The molecule has 0 bridgehead atoms. The van der Waals surface area contributed by atoms with Gasteiger partial charge in [0, 0.05) is 0 Å². The number of rotatable bonds is 13. The van der Waals surface area contributed by atoms with Crippen LogP contribution in [0.2, 0.25) is 0 Å². The molecule has 1 saturated carbocycles. The fourth-order valence-electron chi connectivity index (χ4n) is 4.13. The number of carbonyl (C=O) groups excluding carboxylic acids is 1. The van der Waals surface area contributed by atoms with E-state index in [1.54, 1.807) is 18.2 Å². The Bertz CT molecular complexity index is 778. The molecule has 2 rings (SSSR count). The maximum atomic E-state index is 12.7. The minimum absolute atomic E-state index is 0.0498. The van der Waals surface area contributed by atoms with Gasteiger partial charge in [-0.25, -0.2) is 4.79 Å². The Kier molecular flexibility index (Phi) is 10.3. The van der Waals surface area contributed by atoms with Gasteiger partial charge in [0.05, 0.1) is 19.6 Å². The quantitative estimate of drug-likeness (QED) is 0.288. The summed E-state index contributed by atoms with van der Waals surface area (Å²) in [6.07, 6.45) is 6.38. The van der Waals surface area contributed by atoms with Crippen molar-refractivity contribution in [2.24, 2.45) is 5.92 Å². The number of methoxy groups -OCH3 is 1. The van der Waals surface area contributed by atoms with Crippen LogP contribution in [0.15, 0.2) is 18.2 Å². The predicted octanol–water partition coefficient (Wildman–Crippen LogP) is 2.31. The second-order valence-electron chi connectivity index (χ2n) is 8.35. The number of aryl methyl sites for hydroxylation is 1. The van der Waals surface area contributed by atoms with Gasteiger partial charge >= 0.3 is 11.9 Å². The molecule has 5 N–H and O–H groups in total. The molecular weight excluding hydrogens is 416 g/mol. The van der Waals surface area contributed by atoms with E-state index in [1.807, 2.05) is 0 Å². The van der Waals surface area contributed by atoms with E-state index in [-0.39, 0.29) is 11.7 Å². The minimum Gasteiger partial charge on any atom is -0.504 e. The largest absolute Gasteiger partial charge is 0.504 e. The predicted molar refractivity (Wildman–Crippen MR) is 118 cm³/mol. The van der Waals surface area contributed by atoms with E-state index in [1.165, 1.54) is 7.11 Å². The number of phenolic OH excluding ortho intramolecular Hbond substituents is 1. The molecule has 1 aromatic carbocycles. The maximum Gasteiger partial charge on any atom is 0.326 e. The van der Waals surface area contributed by atoms with Crippen LogP contribution in [0, 0.1) is 5.92 Å². The van der Waals surface area contributed by atoms with Crippen LogP contribution in [-0.2, 0) is 20.8 Å². The van der Waals surface area contributed by atoms with Gasteiger partial charge in [0.1, 0.15) is 6.04 Å². The number of ether oxygens (including phenoxy) is 1. The molecule has 9 nitrogen and oxygen atoms in total. The highest BCUT2D eigenvalue weighted by Gasteiger charge is 2.29. The first-order valence-corrected chi connectivity index (χ1v) is 11.1. The second-order valence-corrected chi connectivity index (χ2v) is 8.35. The fraction of sp³-hybridized carbons (Fsp3) is 0.609. The van der Waals surface area contributed by atoms with Gasteiger partial charge in [-0.1, -0.05) is 38.2 Å². The Hall–Kier alpha value is -2.81. The molecule has 1 aromatic rings. The van der Waals surface area contributed by atoms with Crippen molar-refractivity contribution in [3.8, 4) is 11.5 Å². The molecule has 0 unspecified atom stereocenters. The normalized spacial score (nSPS) is 16.2. The van der Waals surface area contributed by atoms with Gasteiger partial charge in [-0.15, -0.1) is 0 Å². The lowest BCUT2D eigenvalue weighted by Crippen LogP contribution is -2.51. The van der Waals surface area contributed by atoms with Crippen LogP contribution in [0.4, 0.5) is 0 Å². The maximum absolute atomic E-state index is 12.7. The van der Waals surface area contributed by atoms with Crippen molar-refractivity contribution in [1.82, 2.24) is 10.6 Å². The lowest BCUT2D eigenvalue weighted by atomic mass is 9.85. The first-order valence-electron chi connectivity index (χ1n) is 11.1. The summed E-state index contributed by atoms with van der Waals surface area (Å²) >= 11 is 0. The van der Waals surface area contributed by atoms with Gasteiger partial charge in [0.15, 0.2) is 11.5 Å². The molecule has 0 radical (unpaired) electrons. The molecule has 2 atom stereocenters. The molecule has 0 aliphatic heterocycles. The zero-order chi connectivity index (χ0) is 23.5. The molecular formula is C23H34N2O7. The van der Waals surface area contributed by atoms with Crippen molar-refractivity contribution >= 4 is 17.8 Å². The topological polar surface area (TPSA) is 145 Å². The molecule has 9 heteroatoms. The molecule has 1 fully saturated rings. The molecule has 178 valence electrons. The SMILES string of the molecule is COc1cc(CCCN[C@@H](CC(=O)O)C(=O)N[C@@H](CC2CCCCC2)C(=O)O)ccc1O. The lowest BCUT2D eigenvalue weighted by Gasteiger charge is -2.26. The van der Waals surface area contributed by atoms with Gasteiger partial charge in [0.25, 0.3) is 0 Å². The number of carbonyl (C=O) groups is 3. The number of aromatic hydroxyl groups is 1. The van der Waals surface area contributed by atoms with Crippen LogP contribution in [0.1, 0.15) is 56.9 Å². The van der Waals surface area contributed by atoms with E-state index in [4.69, 9.17) is 4.74 Å². The Morgan fingerprint density at radius 1 is 1.12 bits per heavy atom. The zero-order valence-electron chi connectivity index (χ0n) is 18.5. The number of amides is 1. The van der Waals surface area contributed by atoms with Gasteiger partial charge in [-0.2, -0.15) is 0 Å². The Balaban J connectivity index is 1.88. The molecule has 32 heavy (non-hydrogen) atoms. The number of carboxylic acids is 2. The molecule has 1 aliphatic carbocycles. The van der Waals surface area contributed by atoms with Gasteiger partial charge in [-0.3, -0.25) is 9.59 Å². The molecule has 0 saturated heterocycles. The summed E-state index contributed by atoms with van der Waals surface area (Å²) in [4.78, 5) is 35.6. The smallest absolute Gasteiger partial charge is 0.326 e. The van der Waals surface area contributed by atoms with E-state index < -0.39 is 36.4 Å². The highest BCUT2D eigenvalue weighted by Crippen LogP contribution is 2.28. The number of hydrogen-bond acceptors (Lipinski definition) is 6. The molecule has 0 heterocycles. The van der Waals surface area contributed by atoms with Crippen molar-refractivity contribution in [3.63, 3.8) is 0 Å². The first-order chi connectivity index (χ1) is 15.3. The lowest BCUT2D eigenvalue weighted by molar-refractivity contribution is -0.143. The molecule has 0 spiro atoms. The summed E-state index contributed by atoms with van der Waals surface area (Å²) in [6, 6.07) is 2.99. The number of hydrogen-bond donors (Lipinski definition) is 5. The minimum atomic E-state index is -1.14. The van der Waals surface area contributed by atoms with Crippen molar-refractivity contribution in [1.29, 1.82) is 0 Å². The van der Waals surface area contributed by atoms with Crippen molar-refractivity contribution in [3.05, 3.63) is 23.8 Å². The number of nitrogens with one attached hydrogen (secondary N) is 2. The molecule has 0 aromatic heterocycles. The van der Waals surface area contributed by atoms with E-state index in [0.717, 1.165) is 37.7 Å². The van der Waals surface area contributed by atoms with Crippen molar-refractivity contribution in [2.75, 3.05) is 13.7 Å². The third kappa shape index (κ3) is 8.37. The number of benzene rings is 1. The summed E-state index contributed by atoms with van der Waals surface area (Å²) in [7, 11) is 1.47. The molecule has 1 amide bonds. The zero-order valence-corrected chi connectivity index (χ0v) is 18.5. The third-order valence-electron chi connectivity index (χ3n) is 5.88. The number of aliphatic carboxylic acids is 2. The van der Waals surface area contributed by atoms with Gasteiger partial charge < -0.3 is 30.7 Å². The van der Waals surface area contributed by atoms with Crippen LogP contribution in [0.25, 0.3) is 0 Å². The van der Waals surface area contributed by atoms with Crippen LogP contribution >= 0.6 is 0 Å². The Morgan fingerprint density at radius 2 is 1.84 bits per heavy atom. The van der Waals surface area contributed by atoms with Crippen LogP contribution in [-0.4, -0.2) is 58.9 Å². The Morgan fingerprint density at radius 3 is 2.47 bits per heavy atom. The van der Waals surface area contributed by atoms with Gasteiger partial charge in [-0.05, 0) is 49.4 Å². The van der Waals surface area contributed by atoms with Crippen LogP contribution in [0.3, 0.4) is 0 Å². The van der Waals surface area contributed by atoms with Crippen molar-refractivity contribution < 1.29 is 34.4 Å². The average molecular weight is 451 g/mol. The van der Waals surface area contributed by atoms with Crippen molar-refractivity contribution in [2.45, 2.75) is 69.9 Å². The number of carboxylic acid groups (broad SMARTS) is 2. The summed E-state index contributed by atoms with van der Waals surface area (Å²) in [5, 5.41) is 33.9. The summed E-state index contributed by atoms with van der Waals surface area (Å²) in [5.41, 5.74) is 0.930. The first kappa shape index (κ1) is 25.5. The average Bonchev–Trinajstić information content (AvgIpc) is 2.76. The highest BCUT2D eigenvalue weighted by molar-refractivity contribution is 5.89. The van der Waals surface area contributed by atoms with E-state index >= 15 is 0 Å².